The van der Waals surface area contributed by atoms with Gasteiger partial charge in [-0.15, -0.1) is 0 Å². The molecule has 0 aliphatic carbocycles. The summed E-state index contributed by atoms with van der Waals surface area (Å²) in [6.07, 6.45) is 1.63. The van der Waals surface area contributed by atoms with Crippen LogP contribution in [-0.2, 0) is 0 Å². The lowest BCUT2D eigenvalue weighted by Gasteiger charge is -2.16. The molecule has 5 heteroatoms. The Bertz CT molecular complexity index is 572. The van der Waals surface area contributed by atoms with Gasteiger partial charge in [0.05, 0.1) is 22.4 Å². The van der Waals surface area contributed by atoms with Crippen molar-refractivity contribution < 1.29 is 4.74 Å². The van der Waals surface area contributed by atoms with Crippen LogP contribution in [0.5, 0.6) is 5.75 Å². The van der Waals surface area contributed by atoms with Gasteiger partial charge < -0.3 is 15.8 Å². The van der Waals surface area contributed by atoms with E-state index in [1.807, 2.05) is 37.3 Å². The molecule has 0 spiro atoms. The number of ether oxygens (including phenoxy) is 1. The average molecular weight is 336 g/mol. The molecule has 0 bridgehead atoms. The number of halogens is 1. The normalized spacial score (nSPS) is 11.9. The van der Waals surface area contributed by atoms with E-state index in [0.717, 1.165) is 16.0 Å². The van der Waals surface area contributed by atoms with Gasteiger partial charge in [-0.1, -0.05) is 17.7 Å². The first-order valence-corrected chi connectivity index (χ1v) is 7.21. The molecule has 0 aliphatic rings. The molecule has 106 valence electrons. The Kier molecular flexibility index (Phi) is 4.84. The van der Waals surface area contributed by atoms with Gasteiger partial charge >= 0.3 is 0 Å². The molecular formula is C15H18BrN3O. The molecule has 4 nitrogen and oxygen atoms in total. The molecule has 0 aliphatic heterocycles. The Hall–Kier alpha value is -1.75. The summed E-state index contributed by atoms with van der Waals surface area (Å²) in [5.74, 6) is 1.63. The van der Waals surface area contributed by atoms with E-state index in [4.69, 9.17) is 10.5 Å². The van der Waals surface area contributed by atoms with Crippen LogP contribution in [0.4, 0.5) is 11.5 Å². The standard InChI is InChI=1S/C15H18BrN3O/c1-10-3-5-13(6-4-10)20-9-11(2)19-15-14(16)7-12(17)8-18-15/h3-8,11H,9,17H2,1-2H3,(H,18,19). The van der Waals surface area contributed by atoms with Crippen LogP contribution in [0.2, 0.25) is 0 Å². The minimum atomic E-state index is 0.128. The molecule has 0 amide bonds. The van der Waals surface area contributed by atoms with Crippen LogP contribution in [0.3, 0.4) is 0 Å². The molecular weight excluding hydrogens is 318 g/mol. The summed E-state index contributed by atoms with van der Waals surface area (Å²) in [7, 11) is 0. The molecule has 1 atom stereocenters. The van der Waals surface area contributed by atoms with Crippen molar-refractivity contribution in [1.82, 2.24) is 4.98 Å². The first kappa shape index (κ1) is 14.7. The number of nitrogens with zero attached hydrogens (tertiary/aromatic N) is 1. The van der Waals surface area contributed by atoms with Gasteiger partial charge in [-0.2, -0.15) is 0 Å². The highest BCUT2D eigenvalue weighted by Gasteiger charge is 2.07. The van der Waals surface area contributed by atoms with E-state index in [0.29, 0.717) is 12.3 Å². The predicted molar refractivity (Wildman–Crippen MR) is 86.1 cm³/mol. The third kappa shape index (κ3) is 4.13. The highest BCUT2D eigenvalue weighted by atomic mass is 79.9. The van der Waals surface area contributed by atoms with Gasteiger partial charge in [0.15, 0.2) is 0 Å². The van der Waals surface area contributed by atoms with Gasteiger partial charge in [-0.3, -0.25) is 0 Å². The minimum Gasteiger partial charge on any atom is -0.491 e. The molecule has 2 rings (SSSR count). The molecule has 0 saturated heterocycles. The zero-order chi connectivity index (χ0) is 14.5. The number of hydrogen-bond donors (Lipinski definition) is 2. The predicted octanol–water partition coefficient (Wildman–Crippen LogP) is 3.61. The third-order valence-electron chi connectivity index (χ3n) is 2.77. The zero-order valence-electron chi connectivity index (χ0n) is 11.6. The van der Waals surface area contributed by atoms with E-state index in [1.165, 1.54) is 5.56 Å². The highest BCUT2D eigenvalue weighted by molar-refractivity contribution is 9.10. The van der Waals surface area contributed by atoms with Crippen LogP contribution in [-0.4, -0.2) is 17.6 Å². The molecule has 1 aromatic carbocycles. The Labute approximate surface area is 127 Å². The van der Waals surface area contributed by atoms with Crippen molar-refractivity contribution in [3.63, 3.8) is 0 Å². The molecule has 20 heavy (non-hydrogen) atoms. The van der Waals surface area contributed by atoms with Gasteiger partial charge in [-0.05, 0) is 48.0 Å². The van der Waals surface area contributed by atoms with Crippen LogP contribution in [0, 0.1) is 6.92 Å². The fraction of sp³-hybridized carbons (Fsp3) is 0.267. The molecule has 1 aromatic heterocycles. The average Bonchev–Trinajstić information content (AvgIpc) is 2.41. The SMILES string of the molecule is Cc1ccc(OCC(C)Nc2ncc(N)cc2Br)cc1. The Morgan fingerprint density at radius 1 is 1.35 bits per heavy atom. The smallest absolute Gasteiger partial charge is 0.140 e. The number of nitrogens with two attached hydrogens (primary N) is 1. The molecule has 0 saturated carbocycles. The maximum absolute atomic E-state index is 5.73. The van der Waals surface area contributed by atoms with Crippen LogP contribution in [0.25, 0.3) is 0 Å². The number of nitrogen functional groups attached to an aromatic ring is 1. The first-order valence-electron chi connectivity index (χ1n) is 6.41. The molecule has 0 radical (unpaired) electrons. The fourth-order valence-corrected chi connectivity index (χ4v) is 2.17. The van der Waals surface area contributed by atoms with Gasteiger partial charge in [-0.25, -0.2) is 4.98 Å². The summed E-state index contributed by atoms with van der Waals surface area (Å²) in [6.45, 7) is 4.65. The Balaban J connectivity index is 1.89. The minimum absolute atomic E-state index is 0.128. The zero-order valence-corrected chi connectivity index (χ0v) is 13.1. The Morgan fingerprint density at radius 3 is 2.70 bits per heavy atom. The number of nitrogens with one attached hydrogen (secondary N) is 1. The monoisotopic (exact) mass is 335 g/mol. The van der Waals surface area contributed by atoms with Gasteiger partial charge in [0, 0.05) is 0 Å². The van der Waals surface area contributed by atoms with E-state index in [-0.39, 0.29) is 6.04 Å². The van der Waals surface area contributed by atoms with Crippen molar-refractivity contribution in [3.8, 4) is 5.75 Å². The molecule has 1 unspecified atom stereocenters. The first-order chi connectivity index (χ1) is 9.54. The topological polar surface area (TPSA) is 60.2 Å². The van der Waals surface area contributed by atoms with E-state index in [1.54, 1.807) is 6.20 Å². The second-order valence-corrected chi connectivity index (χ2v) is 5.62. The van der Waals surface area contributed by atoms with E-state index in [2.05, 4.69) is 33.2 Å². The molecule has 3 N–H and O–H groups in total. The summed E-state index contributed by atoms with van der Waals surface area (Å²) in [6, 6.07) is 9.96. The lowest BCUT2D eigenvalue weighted by atomic mass is 10.2. The number of pyridine rings is 1. The highest BCUT2D eigenvalue weighted by Crippen LogP contribution is 2.22. The van der Waals surface area contributed by atoms with Crippen molar-refractivity contribution in [2.24, 2.45) is 0 Å². The van der Waals surface area contributed by atoms with Crippen molar-refractivity contribution in [1.29, 1.82) is 0 Å². The molecule has 1 heterocycles. The maximum atomic E-state index is 5.73. The summed E-state index contributed by atoms with van der Waals surface area (Å²) in [5.41, 5.74) is 7.51. The number of hydrogen-bond acceptors (Lipinski definition) is 4. The fourth-order valence-electron chi connectivity index (χ4n) is 1.69. The van der Waals surface area contributed by atoms with Crippen LogP contribution >= 0.6 is 15.9 Å². The van der Waals surface area contributed by atoms with Crippen LogP contribution < -0.4 is 15.8 Å². The van der Waals surface area contributed by atoms with Crippen molar-refractivity contribution in [3.05, 3.63) is 46.6 Å². The maximum Gasteiger partial charge on any atom is 0.140 e. The van der Waals surface area contributed by atoms with Crippen LogP contribution in [0.1, 0.15) is 12.5 Å². The summed E-state index contributed by atoms with van der Waals surface area (Å²) in [5, 5.41) is 3.28. The van der Waals surface area contributed by atoms with Crippen molar-refractivity contribution >= 4 is 27.4 Å². The number of anilines is 2. The van der Waals surface area contributed by atoms with Crippen molar-refractivity contribution in [2.45, 2.75) is 19.9 Å². The van der Waals surface area contributed by atoms with E-state index in [9.17, 15) is 0 Å². The molecule has 2 aromatic rings. The van der Waals surface area contributed by atoms with E-state index >= 15 is 0 Å². The van der Waals surface area contributed by atoms with Gasteiger partial charge in [0.25, 0.3) is 0 Å². The van der Waals surface area contributed by atoms with Gasteiger partial charge in [0.1, 0.15) is 18.2 Å². The van der Waals surface area contributed by atoms with Gasteiger partial charge in [0.2, 0.25) is 0 Å². The summed E-state index contributed by atoms with van der Waals surface area (Å²) < 4.78 is 6.58. The lowest BCUT2D eigenvalue weighted by Crippen LogP contribution is -2.24. The summed E-state index contributed by atoms with van der Waals surface area (Å²) >= 11 is 3.43. The quantitative estimate of drug-likeness (QED) is 0.876. The second kappa shape index (κ2) is 6.61. The Morgan fingerprint density at radius 2 is 2.05 bits per heavy atom. The lowest BCUT2D eigenvalue weighted by molar-refractivity contribution is 0.303. The van der Waals surface area contributed by atoms with Crippen molar-refractivity contribution in [2.75, 3.05) is 17.7 Å². The largest absolute Gasteiger partial charge is 0.491 e. The number of rotatable bonds is 5. The van der Waals surface area contributed by atoms with E-state index < -0.39 is 0 Å². The second-order valence-electron chi connectivity index (χ2n) is 4.77. The third-order valence-corrected chi connectivity index (χ3v) is 3.37. The number of aromatic nitrogens is 1. The number of aryl methyl sites for hydroxylation is 1. The van der Waals surface area contributed by atoms with Crippen LogP contribution in [0.15, 0.2) is 41.0 Å². The number of benzene rings is 1. The summed E-state index contributed by atoms with van der Waals surface area (Å²) in [4.78, 5) is 4.25. The molecule has 0 fully saturated rings.